The lowest BCUT2D eigenvalue weighted by atomic mass is 9.84. The largest absolute Gasteiger partial charge is 0.396 e. The second kappa shape index (κ2) is 5.15. The average molecular weight is 226 g/mol. The molecular weight excluding hydrogens is 204 g/mol. The second-order valence-corrected chi connectivity index (χ2v) is 4.96. The molecule has 1 heterocycles. The summed E-state index contributed by atoms with van der Waals surface area (Å²) in [6.45, 7) is 1.07. The zero-order chi connectivity index (χ0) is 11.5. The van der Waals surface area contributed by atoms with Crippen molar-refractivity contribution in [1.29, 1.82) is 0 Å². The molecule has 92 valence electrons. The molecule has 1 aliphatic heterocycles. The minimum Gasteiger partial charge on any atom is -0.396 e. The summed E-state index contributed by atoms with van der Waals surface area (Å²) in [4.78, 5) is 14.1. The van der Waals surface area contributed by atoms with Gasteiger partial charge in [0.25, 0.3) is 0 Å². The molecule has 1 aliphatic carbocycles. The molecular formula is C12H22N2O2. The molecule has 2 fully saturated rings. The van der Waals surface area contributed by atoms with E-state index in [9.17, 15) is 9.90 Å². The molecule has 4 nitrogen and oxygen atoms in total. The van der Waals surface area contributed by atoms with Crippen LogP contribution in [0.15, 0.2) is 0 Å². The number of hydrogen-bond acceptors (Lipinski definition) is 3. The maximum absolute atomic E-state index is 12.1. The van der Waals surface area contributed by atoms with Crippen molar-refractivity contribution in [2.75, 3.05) is 20.2 Å². The maximum Gasteiger partial charge on any atom is 0.240 e. The monoisotopic (exact) mass is 226 g/mol. The first-order chi connectivity index (χ1) is 7.77. The Morgan fingerprint density at radius 1 is 1.38 bits per heavy atom. The van der Waals surface area contributed by atoms with Crippen molar-refractivity contribution in [2.24, 2.45) is 5.92 Å². The van der Waals surface area contributed by atoms with Crippen LogP contribution in [0, 0.1) is 5.92 Å². The molecule has 3 atom stereocenters. The van der Waals surface area contributed by atoms with Gasteiger partial charge in [-0.05, 0) is 26.3 Å². The van der Waals surface area contributed by atoms with Crippen molar-refractivity contribution in [3.05, 3.63) is 0 Å². The first kappa shape index (κ1) is 11.9. The third kappa shape index (κ3) is 2.09. The lowest BCUT2D eigenvalue weighted by Crippen LogP contribution is -2.47. The lowest BCUT2D eigenvalue weighted by Gasteiger charge is -2.37. The van der Waals surface area contributed by atoms with Gasteiger partial charge in [0.1, 0.15) is 0 Å². The Balaban J connectivity index is 2.03. The van der Waals surface area contributed by atoms with Crippen molar-refractivity contribution in [2.45, 2.75) is 44.2 Å². The van der Waals surface area contributed by atoms with E-state index in [-0.39, 0.29) is 24.6 Å². The number of likely N-dealkylation sites (tertiary alicyclic amines) is 1. The highest BCUT2D eigenvalue weighted by molar-refractivity contribution is 5.84. The van der Waals surface area contributed by atoms with E-state index >= 15 is 0 Å². The van der Waals surface area contributed by atoms with Gasteiger partial charge in [-0.3, -0.25) is 4.79 Å². The molecule has 16 heavy (non-hydrogen) atoms. The van der Waals surface area contributed by atoms with E-state index in [0.29, 0.717) is 5.92 Å². The van der Waals surface area contributed by atoms with Gasteiger partial charge in [-0.25, -0.2) is 0 Å². The summed E-state index contributed by atoms with van der Waals surface area (Å²) in [6.07, 6.45) is 5.42. The van der Waals surface area contributed by atoms with Crippen molar-refractivity contribution < 1.29 is 9.90 Å². The molecule has 2 aliphatic rings. The van der Waals surface area contributed by atoms with Gasteiger partial charge < -0.3 is 15.3 Å². The Kier molecular flexibility index (Phi) is 3.82. The summed E-state index contributed by atoms with van der Waals surface area (Å²) in [5, 5.41) is 12.4. The van der Waals surface area contributed by atoms with Crippen LogP contribution in [-0.2, 0) is 4.79 Å². The molecule has 1 saturated carbocycles. The molecule has 4 heteroatoms. The van der Waals surface area contributed by atoms with E-state index < -0.39 is 0 Å². The third-order valence-corrected chi connectivity index (χ3v) is 4.09. The van der Waals surface area contributed by atoms with Crippen LogP contribution in [0.1, 0.15) is 32.1 Å². The average Bonchev–Trinajstić information content (AvgIpc) is 2.70. The summed E-state index contributed by atoms with van der Waals surface area (Å²) >= 11 is 0. The molecule has 0 aromatic rings. The van der Waals surface area contributed by atoms with Gasteiger partial charge in [0.05, 0.1) is 6.04 Å². The van der Waals surface area contributed by atoms with Gasteiger partial charge in [-0.2, -0.15) is 0 Å². The fraction of sp³-hybridized carbons (Fsp3) is 0.917. The summed E-state index contributed by atoms with van der Waals surface area (Å²) < 4.78 is 0. The number of amides is 1. The summed E-state index contributed by atoms with van der Waals surface area (Å²) in [5.41, 5.74) is 0. The predicted molar refractivity (Wildman–Crippen MR) is 62.0 cm³/mol. The Bertz CT molecular complexity index is 257. The molecule has 0 spiro atoms. The van der Waals surface area contributed by atoms with Crippen LogP contribution in [0.25, 0.3) is 0 Å². The number of aliphatic hydroxyl groups is 1. The van der Waals surface area contributed by atoms with Crippen LogP contribution < -0.4 is 5.32 Å². The summed E-state index contributed by atoms with van der Waals surface area (Å²) in [5.74, 6) is 0.529. The molecule has 3 unspecified atom stereocenters. The number of rotatable bonds is 3. The summed E-state index contributed by atoms with van der Waals surface area (Å²) in [7, 11) is 1.84. The molecule has 0 aromatic heterocycles. The van der Waals surface area contributed by atoms with E-state index in [2.05, 4.69) is 5.32 Å². The van der Waals surface area contributed by atoms with Crippen LogP contribution in [-0.4, -0.2) is 48.2 Å². The van der Waals surface area contributed by atoms with Crippen molar-refractivity contribution in [1.82, 2.24) is 10.2 Å². The lowest BCUT2D eigenvalue weighted by molar-refractivity contribution is -0.133. The zero-order valence-corrected chi connectivity index (χ0v) is 9.98. The molecule has 1 saturated heterocycles. The number of carbonyl (C=O) groups excluding carboxylic acids is 1. The highest BCUT2D eigenvalue weighted by Crippen LogP contribution is 2.30. The fourth-order valence-electron chi connectivity index (χ4n) is 3.11. The summed E-state index contributed by atoms with van der Waals surface area (Å²) in [6, 6.07) is 0.283. The third-order valence-electron chi connectivity index (χ3n) is 4.09. The highest BCUT2D eigenvalue weighted by Gasteiger charge is 2.38. The van der Waals surface area contributed by atoms with E-state index in [1.165, 1.54) is 12.8 Å². The molecule has 2 rings (SSSR count). The molecule has 0 radical (unpaired) electrons. The predicted octanol–water partition coefficient (Wildman–Crippen LogP) is 0.358. The van der Waals surface area contributed by atoms with Crippen LogP contribution in [0.5, 0.6) is 0 Å². The first-order valence-electron chi connectivity index (χ1n) is 6.36. The second-order valence-electron chi connectivity index (χ2n) is 4.96. The fourth-order valence-corrected chi connectivity index (χ4v) is 3.11. The van der Waals surface area contributed by atoms with Crippen molar-refractivity contribution in [3.63, 3.8) is 0 Å². The topological polar surface area (TPSA) is 52.6 Å². The number of nitrogens with one attached hydrogen (secondary N) is 1. The van der Waals surface area contributed by atoms with E-state index in [1.54, 1.807) is 0 Å². The highest BCUT2D eigenvalue weighted by atomic mass is 16.3. The number of carbonyl (C=O) groups is 1. The minimum atomic E-state index is 0.00118. The van der Waals surface area contributed by atoms with Gasteiger partial charge in [0.15, 0.2) is 0 Å². The minimum absolute atomic E-state index is 0.00118. The van der Waals surface area contributed by atoms with Gasteiger partial charge >= 0.3 is 0 Å². The van der Waals surface area contributed by atoms with Crippen molar-refractivity contribution in [3.8, 4) is 0 Å². The van der Waals surface area contributed by atoms with E-state index in [1.807, 2.05) is 11.9 Å². The van der Waals surface area contributed by atoms with Gasteiger partial charge in [-0.1, -0.05) is 12.8 Å². The standard InChI is InChI=1S/C12H22N2O2/c1-13-10-6-7-14(12(10)16)11-5-3-2-4-9(11)8-15/h9-11,13,15H,2-8H2,1H3. The van der Waals surface area contributed by atoms with E-state index in [4.69, 9.17) is 0 Å². The maximum atomic E-state index is 12.1. The van der Waals surface area contributed by atoms with Gasteiger partial charge in [0, 0.05) is 25.1 Å². The number of likely N-dealkylation sites (N-methyl/N-ethyl adjacent to an activating group) is 1. The Morgan fingerprint density at radius 3 is 2.75 bits per heavy atom. The smallest absolute Gasteiger partial charge is 0.240 e. The quantitative estimate of drug-likeness (QED) is 0.730. The number of nitrogens with zero attached hydrogens (tertiary/aromatic N) is 1. The van der Waals surface area contributed by atoms with Crippen molar-refractivity contribution >= 4 is 5.91 Å². The molecule has 2 N–H and O–H groups in total. The normalized spacial score (nSPS) is 35.8. The first-order valence-corrected chi connectivity index (χ1v) is 6.36. The molecule has 0 aromatic carbocycles. The van der Waals surface area contributed by atoms with Crippen LogP contribution in [0.3, 0.4) is 0 Å². The SMILES string of the molecule is CNC1CCN(C2CCCCC2CO)C1=O. The van der Waals surface area contributed by atoms with Crippen LogP contribution >= 0.6 is 0 Å². The van der Waals surface area contributed by atoms with Gasteiger partial charge in [0.2, 0.25) is 5.91 Å². The van der Waals surface area contributed by atoms with E-state index in [0.717, 1.165) is 25.8 Å². The molecule has 1 amide bonds. The molecule has 0 bridgehead atoms. The van der Waals surface area contributed by atoms with Gasteiger partial charge in [-0.15, -0.1) is 0 Å². The van der Waals surface area contributed by atoms with Crippen LogP contribution in [0.2, 0.25) is 0 Å². The van der Waals surface area contributed by atoms with Crippen LogP contribution in [0.4, 0.5) is 0 Å². The number of hydrogen-bond donors (Lipinski definition) is 2. The number of aliphatic hydroxyl groups excluding tert-OH is 1. The Labute approximate surface area is 97.0 Å². The Hall–Kier alpha value is -0.610. The Morgan fingerprint density at radius 2 is 2.12 bits per heavy atom. The zero-order valence-electron chi connectivity index (χ0n) is 9.98.